The number of thiazole rings is 1. The number of hydrogen-bond donors (Lipinski definition) is 1. The summed E-state index contributed by atoms with van der Waals surface area (Å²) in [7, 11) is 1.83. The summed E-state index contributed by atoms with van der Waals surface area (Å²) in [5.74, 6) is 0.142. The molecule has 3 aromatic carbocycles. The Balaban J connectivity index is 1.23. The second-order valence-electron chi connectivity index (χ2n) is 9.43. The molecular weight excluding hydrogens is 454 g/mol. The van der Waals surface area contributed by atoms with Gasteiger partial charge in [0.05, 0.1) is 12.2 Å². The van der Waals surface area contributed by atoms with E-state index in [-0.39, 0.29) is 17.4 Å². The standard InChI is InChI=1S/C29H29N3O2S/c1-32(19-27-30-25(20-35-27)23-8-3-2-4-9-23)28(34)14-16-29(15-13-26(33)31-29)18-21-11-12-22-7-5-6-10-24(22)17-21/h2-12,17,20H,13-16,18-19H2,1H3,(H,31,33). The number of benzene rings is 3. The molecule has 6 heteroatoms. The van der Waals surface area contributed by atoms with E-state index >= 15 is 0 Å². The summed E-state index contributed by atoms with van der Waals surface area (Å²) in [6.45, 7) is 0.486. The van der Waals surface area contributed by atoms with Crippen molar-refractivity contribution >= 4 is 33.9 Å². The summed E-state index contributed by atoms with van der Waals surface area (Å²) in [5.41, 5.74) is 2.83. The summed E-state index contributed by atoms with van der Waals surface area (Å²) in [6, 6.07) is 24.8. The molecule has 1 aliphatic rings. The van der Waals surface area contributed by atoms with Gasteiger partial charge >= 0.3 is 0 Å². The molecule has 178 valence electrons. The quantitative estimate of drug-likeness (QED) is 0.355. The second kappa shape index (κ2) is 10.0. The Kier molecular flexibility index (Phi) is 6.64. The predicted molar refractivity (Wildman–Crippen MR) is 141 cm³/mol. The third-order valence-electron chi connectivity index (χ3n) is 6.83. The van der Waals surface area contributed by atoms with E-state index in [4.69, 9.17) is 4.98 Å². The number of nitrogens with zero attached hydrogens (tertiary/aromatic N) is 2. The SMILES string of the molecule is CN(Cc1nc(-c2ccccc2)cs1)C(=O)CCC1(Cc2ccc3ccccc3c2)CCC(=O)N1. The molecule has 1 aliphatic heterocycles. The van der Waals surface area contributed by atoms with Crippen molar-refractivity contribution in [3.05, 3.63) is 88.7 Å². The molecule has 1 atom stereocenters. The van der Waals surface area contributed by atoms with Crippen LogP contribution in [-0.2, 0) is 22.6 Å². The minimum Gasteiger partial charge on any atom is -0.350 e. The van der Waals surface area contributed by atoms with Gasteiger partial charge in [-0.2, -0.15) is 0 Å². The average Bonchev–Trinajstić information content (AvgIpc) is 3.49. The maximum Gasteiger partial charge on any atom is 0.222 e. The molecule has 1 unspecified atom stereocenters. The van der Waals surface area contributed by atoms with Gasteiger partial charge in [0.1, 0.15) is 5.01 Å². The van der Waals surface area contributed by atoms with Crippen LogP contribution >= 0.6 is 11.3 Å². The first-order chi connectivity index (χ1) is 17.0. The van der Waals surface area contributed by atoms with Crippen molar-refractivity contribution in [3.8, 4) is 11.3 Å². The molecule has 35 heavy (non-hydrogen) atoms. The summed E-state index contributed by atoms with van der Waals surface area (Å²) in [4.78, 5) is 31.7. The van der Waals surface area contributed by atoms with Crippen LogP contribution in [0.15, 0.2) is 78.2 Å². The highest BCUT2D eigenvalue weighted by Crippen LogP contribution is 2.31. The molecule has 1 aromatic heterocycles. The minimum absolute atomic E-state index is 0.0699. The fourth-order valence-corrected chi connectivity index (χ4v) is 5.73. The van der Waals surface area contributed by atoms with Crippen molar-refractivity contribution < 1.29 is 9.59 Å². The van der Waals surface area contributed by atoms with Crippen molar-refractivity contribution in [1.29, 1.82) is 0 Å². The number of rotatable bonds is 8. The molecule has 1 fully saturated rings. The lowest BCUT2D eigenvalue weighted by atomic mass is 9.84. The van der Waals surface area contributed by atoms with Crippen LogP contribution in [0.3, 0.4) is 0 Å². The van der Waals surface area contributed by atoms with E-state index in [1.54, 1.807) is 16.2 Å². The van der Waals surface area contributed by atoms with Crippen molar-refractivity contribution in [1.82, 2.24) is 15.2 Å². The molecule has 0 saturated carbocycles. The van der Waals surface area contributed by atoms with Gasteiger partial charge in [0.15, 0.2) is 0 Å². The van der Waals surface area contributed by atoms with Crippen molar-refractivity contribution in [2.24, 2.45) is 0 Å². The molecular formula is C29H29N3O2S. The fraction of sp³-hybridized carbons (Fsp3) is 0.276. The normalized spacial score (nSPS) is 17.5. The van der Waals surface area contributed by atoms with E-state index in [9.17, 15) is 9.59 Å². The molecule has 5 rings (SSSR count). The molecule has 2 amide bonds. The number of nitrogens with one attached hydrogen (secondary N) is 1. The first-order valence-corrected chi connectivity index (χ1v) is 12.9. The summed E-state index contributed by atoms with van der Waals surface area (Å²) in [5, 5.41) is 8.56. The predicted octanol–water partition coefficient (Wildman–Crippen LogP) is 5.59. The van der Waals surface area contributed by atoms with Gasteiger partial charge in [-0.05, 0) is 35.6 Å². The molecule has 1 saturated heterocycles. The Morgan fingerprint density at radius 1 is 1.06 bits per heavy atom. The van der Waals surface area contributed by atoms with Gasteiger partial charge in [-0.15, -0.1) is 11.3 Å². The third kappa shape index (κ3) is 5.43. The monoisotopic (exact) mass is 483 g/mol. The lowest BCUT2D eigenvalue weighted by Gasteiger charge is -2.30. The average molecular weight is 484 g/mol. The van der Waals surface area contributed by atoms with Crippen LogP contribution in [0.5, 0.6) is 0 Å². The molecule has 5 nitrogen and oxygen atoms in total. The van der Waals surface area contributed by atoms with Crippen LogP contribution in [0.1, 0.15) is 36.3 Å². The van der Waals surface area contributed by atoms with Gasteiger partial charge in [0.2, 0.25) is 11.8 Å². The zero-order valence-corrected chi connectivity index (χ0v) is 20.7. The summed E-state index contributed by atoms with van der Waals surface area (Å²) < 4.78 is 0. The smallest absolute Gasteiger partial charge is 0.222 e. The van der Waals surface area contributed by atoms with Gasteiger partial charge in [-0.25, -0.2) is 4.98 Å². The van der Waals surface area contributed by atoms with E-state index in [0.29, 0.717) is 25.8 Å². The second-order valence-corrected chi connectivity index (χ2v) is 10.4. The Hall–Kier alpha value is -3.51. The zero-order valence-electron chi connectivity index (χ0n) is 19.9. The molecule has 0 spiro atoms. The Bertz CT molecular complexity index is 1350. The number of fused-ring (bicyclic) bond motifs is 1. The third-order valence-corrected chi connectivity index (χ3v) is 7.66. The van der Waals surface area contributed by atoms with E-state index in [1.807, 2.05) is 54.9 Å². The van der Waals surface area contributed by atoms with Gasteiger partial charge in [0, 0.05) is 36.4 Å². The summed E-state index contributed by atoms with van der Waals surface area (Å²) >= 11 is 1.57. The van der Waals surface area contributed by atoms with Crippen LogP contribution in [0, 0.1) is 0 Å². The van der Waals surface area contributed by atoms with Gasteiger partial charge < -0.3 is 10.2 Å². The molecule has 0 aliphatic carbocycles. The van der Waals surface area contributed by atoms with Crippen molar-refractivity contribution in [2.45, 2.75) is 44.2 Å². The highest BCUT2D eigenvalue weighted by atomic mass is 32.1. The molecule has 1 N–H and O–H groups in total. The number of amides is 2. The Morgan fingerprint density at radius 3 is 2.60 bits per heavy atom. The van der Waals surface area contributed by atoms with Gasteiger partial charge in [0.25, 0.3) is 0 Å². The zero-order chi connectivity index (χ0) is 24.3. The largest absolute Gasteiger partial charge is 0.350 e. The minimum atomic E-state index is -0.377. The number of carbonyl (C=O) groups is 2. The van der Waals surface area contributed by atoms with E-state index in [0.717, 1.165) is 29.1 Å². The molecule has 4 aromatic rings. The molecule has 0 bridgehead atoms. The van der Waals surface area contributed by atoms with Crippen LogP contribution < -0.4 is 5.32 Å². The van der Waals surface area contributed by atoms with Crippen LogP contribution in [0.4, 0.5) is 0 Å². The number of aromatic nitrogens is 1. The first kappa shape index (κ1) is 23.2. The molecule has 2 heterocycles. The summed E-state index contributed by atoms with van der Waals surface area (Å²) in [6.07, 6.45) is 3.01. The fourth-order valence-electron chi connectivity index (χ4n) is 4.87. The Morgan fingerprint density at radius 2 is 1.83 bits per heavy atom. The number of carbonyl (C=O) groups excluding carboxylic acids is 2. The van der Waals surface area contributed by atoms with E-state index in [2.05, 4.69) is 35.6 Å². The highest BCUT2D eigenvalue weighted by Gasteiger charge is 2.38. The van der Waals surface area contributed by atoms with Crippen LogP contribution in [0.2, 0.25) is 0 Å². The van der Waals surface area contributed by atoms with Gasteiger partial charge in [-0.1, -0.05) is 72.8 Å². The highest BCUT2D eigenvalue weighted by molar-refractivity contribution is 7.09. The maximum atomic E-state index is 13.0. The Labute approximate surface area is 209 Å². The van der Waals surface area contributed by atoms with E-state index < -0.39 is 0 Å². The number of hydrogen-bond acceptors (Lipinski definition) is 4. The maximum absolute atomic E-state index is 13.0. The van der Waals surface area contributed by atoms with Crippen molar-refractivity contribution in [3.63, 3.8) is 0 Å². The van der Waals surface area contributed by atoms with Crippen molar-refractivity contribution in [2.75, 3.05) is 7.05 Å². The van der Waals surface area contributed by atoms with Gasteiger partial charge in [-0.3, -0.25) is 9.59 Å². The topological polar surface area (TPSA) is 62.3 Å². The lowest BCUT2D eigenvalue weighted by Crippen LogP contribution is -2.44. The molecule has 0 radical (unpaired) electrons. The van der Waals surface area contributed by atoms with Crippen LogP contribution in [-0.4, -0.2) is 34.3 Å². The lowest BCUT2D eigenvalue weighted by molar-refractivity contribution is -0.131. The van der Waals surface area contributed by atoms with E-state index in [1.165, 1.54) is 16.3 Å². The first-order valence-electron chi connectivity index (χ1n) is 12.0. The van der Waals surface area contributed by atoms with Crippen LogP contribution in [0.25, 0.3) is 22.0 Å².